The molecule has 84 valence electrons. The molecule has 0 aromatic carbocycles. The smallest absolute Gasteiger partial charge is 0.264 e. The molecular formula is C12H14N2OS. The number of likely N-dealkylation sites (tertiary alicyclic amines) is 1. The Kier molecular flexibility index (Phi) is 3.25. The summed E-state index contributed by atoms with van der Waals surface area (Å²) in [7, 11) is 0. The minimum Gasteiger partial charge on any atom is -0.322 e. The van der Waals surface area contributed by atoms with Crippen molar-refractivity contribution in [2.24, 2.45) is 0 Å². The van der Waals surface area contributed by atoms with E-state index in [1.165, 1.54) is 11.3 Å². The zero-order valence-electron chi connectivity index (χ0n) is 9.27. The van der Waals surface area contributed by atoms with Crippen molar-refractivity contribution in [2.45, 2.75) is 32.2 Å². The number of amides is 1. The van der Waals surface area contributed by atoms with Crippen molar-refractivity contribution in [3.05, 3.63) is 21.9 Å². The Bertz CT molecular complexity index is 432. The van der Waals surface area contributed by atoms with Crippen LogP contribution in [0.15, 0.2) is 12.1 Å². The van der Waals surface area contributed by atoms with Gasteiger partial charge in [-0.3, -0.25) is 4.79 Å². The number of rotatable bonds is 1. The quantitative estimate of drug-likeness (QED) is 0.749. The standard InChI is InChI=1S/C12H14N2OS/c1-9-5-6-11(16-9)12(15)14-7-3-2-4-10(14)8-13/h5-6,10H,2-4,7H2,1H3. The predicted octanol–water partition coefficient (Wildman–Crippen LogP) is 2.57. The second-order valence-electron chi connectivity index (χ2n) is 4.05. The van der Waals surface area contributed by atoms with Crippen LogP contribution in [0.25, 0.3) is 0 Å². The molecule has 0 bridgehead atoms. The molecule has 3 nitrogen and oxygen atoms in total. The molecular weight excluding hydrogens is 220 g/mol. The third-order valence-electron chi connectivity index (χ3n) is 2.86. The molecule has 1 saturated heterocycles. The van der Waals surface area contributed by atoms with E-state index in [9.17, 15) is 4.79 Å². The zero-order chi connectivity index (χ0) is 11.5. The van der Waals surface area contributed by atoms with Crippen LogP contribution >= 0.6 is 11.3 Å². The van der Waals surface area contributed by atoms with Gasteiger partial charge in [-0.15, -0.1) is 11.3 Å². The van der Waals surface area contributed by atoms with E-state index in [0.29, 0.717) is 6.54 Å². The van der Waals surface area contributed by atoms with E-state index in [1.807, 2.05) is 19.1 Å². The molecule has 1 aromatic heterocycles. The Balaban J connectivity index is 2.17. The summed E-state index contributed by atoms with van der Waals surface area (Å²) >= 11 is 1.50. The Hall–Kier alpha value is -1.34. The van der Waals surface area contributed by atoms with Gasteiger partial charge in [0.05, 0.1) is 10.9 Å². The summed E-state index contributed by atoms with van der Waals surface area (Å²) in [5.41, 5.74) is 0. The summed E-state index contributed by atoms with van der Waals surface area (Å²) in [6, 6.07) is 5.79. The molecule has 0 radical (unpaired) electrons. The highest BCUT2D eigenvalue weighted by Gasteiger charge is 2.27. The predicted molar refractivity (Wildman–Crippen MR) is 63.3 cm³/mol. The lowest BCUT2D eigenvalue weighted by atomic mass is 10.0. The van der Waals surface area contributed by atoms with Crippen LogP contribution in [0, 0.1) is 18.3 Å². The van der Waals surface area contributed by atoms with Crippen LogP contribution in [0.5, 0.6) is 0 Å². The lowest BCUT2D eigenvalue weighted by Gasteiger charge is -2.30. The zero-order valence-corrected chi connectivity index (χ0v) is 10.1. The van der Waals surface area contributed by atoms with Gasteiger partial charge in [0.25, 0.3) is 5.91 Å². The Morgan fingerprint density at radius 1 is 1.56 bits per heavy atom. The van der Waals surface area contributed by atoms with E-state index in [-0.39, 0.29) is 11.9 Å². The van der Waals surface area contributed by atoms with E-state index in [2.05, 4.69) is 6.07 Å². The molecule has 0 aliphatic carbocycles. The highest BCUT2D eigenvalue weighted by molar-refractivity contribution is 7.13. The molecule has 1 aromatic rings. The third-order valence-corrected chi connectivity index (χ3v) is 3.85. The highest BCUT2D eigenvalue weighted by Crippen LogP contribution is 2.22. The maximum absolute atomic E-state index is 12.2. The lowest BCUT2D eigenvalue weighted by molar-refractivity contribution is 0.0675. The Morgan fingerprint density at radius 2 is 2.38 bits per heavy atom. The average molecular weight is 234 g/mol. The second-order valence-corrected chi connectivity index (χ2v) is 5.34. The number of carbonyl (C=O) groups excluding carboxylic acids is 1. The largest absolute Gasteiger partial charge is 0.322 e. The number of nitriles is 1. The molecule has 0 spiro atoms. The monoisotopic (exact) mass is 234 g/mol. The van der Waals surface area contributed by atoms with Crippen molar-refractivity contribution in [3.8, 4) is 6.07 Å². The van der Waals surface area contributed by atoms with E-state index in [0.717, 1.165) is 29.0 Å². The van der Waals surface area contributed by atoms with Crippen LogP contribution in [0.1, 0.15) is 33.8 Å². The summed E-state index contributed by atoms with van der Waals surface area (Å²) in [5.74, 6) is 0.0179. The van der Waals surface area contributed by atoms with Gasteiger partial charge in [0.15, 0.2) is 0 Å². The van der Waals surface area contributed by atoms with Crippen LogP contribution < -0.4 is 0 Å². The molecule has 1 aliphatic rings. The minimum absolute atomic E-state index is 0.0179. The number of hydrogen-bond donors (Lipinski definition) is 0. The van der Waals surface area contributed by atoms with Crippen LogP contribution in [0.2, 0.25) is 0 Å². The van der Waals surface area contributed by atoms with Gasteiger partial charge in [-0.1, -0.05) is 0 Å². The second kappa shape index (κ2) is 4.67. The van der Waals surface area contributed by atoms with Crippen molar-refractivity contribution in [3.63, 3.8) is 0 Å². The Morgan fingerprint density at radius 3 is 3.00 bits per heavy atom. The number of nitrogens with zero attached hydrogens (tertiary/aromatic N) is 2. The van der Waals surface area contributed by atoms with Crippen molar-refractivity contribution in [1.29, 1.82) is 5.26 Å². The minimum atomic E-state index is -0.233. The first kappa shape index (κ1) is 11.2. The average Bonchev–Trinajstić information content (AvgIpc) is 2.75. The van der Waals surface area contributed by atoms with E-state index in [1.54, 1.807) is 4.90 Å². The van der Waals surface area contributed by atoms with Gasteiger partial charge in [0, 0.05) is 11.4 Å². The first-order valence-electron chi connectivity index (χ1n) is 5.49. The molecule has 0 N–H and O–H groups in total. The van der Waals surface area contributed by atoms with Gasteiger partial charge in [0.1, 0.15) is 6.04 Å². The lowest BCUT2D eigenvalue weighted by Crippen LogP contribution is -2.42. The number of piperidine rings is 1. The van der Waals surface area contributed by atoms with Gasteiger partial charge in [-0.25, -0.2) is 0 Å². The van der Waals surface area contributed by atoms with E-state index in [4.69, 9.17) is 5.26 Å². The molecule has 4 heteroatoms. The van der Waals surface area contributed by atoms with E-state index < -0.39 is 0 Å². The van der Waals surface area contributed by atoms with Crippen LogP contribution in [0.3, 0.4) is 0 Å². The Labute approximate surface area is 99.3 Å². The van der Waals surface area contributed by atoms with Crippen molar-refractivity contribution in [2.75, 3.05) is 6.54 Å². The SMILES string of the molecule is Cc1ccc(C(=O)N2CCCCC2C#N)s1. The number of aryl methyl sites for hydroxylation is 1. The van der Waals surface area contributed by atoms with Crippen molar-refractivity contribution >= 4 is 17.2 Å². The van der Waals surface area contributed by atoms with Crippen LogP contribution in [-0.2, 0) is 0 Å². The van der Waals surface area contributed by atoms with Crippen LogP contribution in [-0.4, -0.2) is 23.4 Å². The van der Waals surface area contributed by atoms with Gasteiger partial charge >= 0.3 is 0 Å². The molecule has 1 atom stereocenters. The molecule has 0 saturated carbocycles. The summed E-state index contributed by atoms with van der Waals surface area (Å²) < 4.78 is 0. The summed E-state index contributed by atoms with van der Waals surface area (Å²) in [5, 5.41) is 9.02. The summed E-state index contributed by atoms with van der Waals surface area (Å²) in [4.78, 5) is 15.8. The summed E-state index contributed by atoms with van der Waals surface area (Å²) in [6.07, 6.45) is 2.87. The molecule has 2 heterocycles. The van der Waals surface area contributed by atoms with Gasteiger partial charge in [0.2, 0.25) is 0 Å². The fourth-order valence-electron chi connectivity index (χ4n) is 2.00. The first-order valence-corrected chi connectivity index (χ1v) is 6.31. The normalized spacial score (nSPS) is 20.5. The number of thiophene rings is 1. The first-order chi connectivity index (χ1) is 7.72. The molecule has 1 unspecified atom stereocenters. The molecule has 2 rings (SSSR count). The number of carbonyl (C=O) groups is 1. The third kappa shape index (κ3) is 2.10. The number of hydrogen-bond acceptors (Lipinski definition) is 3. The van der Waals surface area contributed by atoms with Gasteiger partial charge < -0.3 is 4.90 Å². The van der Waals surface area contributed by atoms with Gasteiger partial charge in [-0.2, -0.15) is 5.26 Å². The maximum Gasteiger partial charge on any atom is 0.264 e. The summed E-state index contributed by atoms with van der Waals surface area (Å²) in [6.45, 7) is 2.70. The van der Waals surface area contributed by atoms with Gasteiger partial charge in [-0.05, 0) is 38.3 Å². The molecule has 1 amide bonds. The maximum atomic E-state index is 12.2. The van der Waals surface area contributed by atoms with Crippen LogP contribution in [0.4, 0.5) is 0 Å². The molecule has 1 aliphatic heterocycles. The fourth-order valence-corrected chi connectivity index (χ4v) is 2.82. The fraction of sp³-hybridized carbons (Fsp3) is 0.500. The highest BCUT2D eigenvalue weighted by atomic mass is 32.1. The van der Waals surface area contributed by atoms with Crippen molar-refractivity contribution in [1.82, 2.24) is 4.90 Å². The molecule has 1 fully saturated rings. The topological polar surface area (TPSA) is 44.1 Å². The van der Waals surface area contributed by atoms with E-state index >= 15 is 0 Å². The van der Waals surface area contributed by atoms with Crippen molar-refractivity contribution < 1.29 is 4.79 Å². The molecule has 16 heavy (non-hydrogen) atoms.